The molecule has 14 heteroatoms. The number of benzene rings is 2. The third kappa shape index (κ3) is 13.9. The van der Waals surface area contributed by atoms with Crippen molar-refractivity contribution in [3.8, 4) is 0 Å². The topological polar surface area (TPSA) is 237 Å². The van der Waals surface area contributed by atoms with Crippen molar-refractivity contribution in [2.75, 3.05) is 6.54 Å². The van der Waals surface area contributed by atoms with E-state index in [0.717, 1.165) is 44.3 Å². The second kappa shape index (κ2) is 21.3. The van der Waals surface area contributed by atoms with E-state index in [2.05, 4.69) is 21.3 Å². The van der Waals surface area contributed by atoms with Crippen LogP contribution in [0.25, 0.3) is 0 Å². The van der Waals surface area contributed by atoms with Gasteiger partial charge in [0, 0.05) is 48.9 Å². The summed E-state index contributed by atoms with van der Waals surface area (Å²) in [6, 6.07) is 12.4. The van der Waals surface area contributed by atoms with Crippen LogP contribution in [0.2, 0.25) is 0 Å². The van der Waals surface area contributed by atoms with Gasteiger partial charge in [-0.2, -0.15) is 0 Å². The van der Waals surface area contributed by atoms with Gasteiger partial charge in [-0.15, -0.1) is 0 Å². The molecule has 1 saturated carbocycles. The maximum Gasteiger partial charge on any atom is 0.244 e. The Morgan fingerprint density at radius 2 is 1.33 bits per heavy atom. The predicted octanol–water partition coefficient (Wildman–Crippen LogP) is 2.07. The lowest BCUT2D eigenvalue weighted by Gasteiger charge is -2.29. The molecule has 2 aliphatic rings. The highest BCUT2D eigenvalue weighted by Gasteiger charge is 2.32. The average molecular weight is 757 g/mol. The Bertz CT molecular complexity index is 1720. The van der Waals surface area contributed by atoms with E-state index >= 15 is 0 Å². The number of rotatable bonds is 10. The number of allylic oxidation sites excluding steroid dienone is 1. The van der Waals surface area contributed by atoms with Crippen molar-refractivity contribution in [3.63, 3.8) is 0 Å². The van der Waals surface area contributed by atoms with Crippen molar-refractivity contribution in [2.24, 2.45) is 23.3 Å². The summed E-state index contributed by atoms with van der Waals surface area (Å²) in [7, 11) is 0. The Hall–Kier alpha value is -5.66. The molecule has 8 N–H and O–H groups in total. The van der Waals surface area contributed by atoms with E-state index in [1.165, 1.54) is 0 Å². The lowest BCUT2D eigenvalue weighted by atomic mass is 9.84. The third-order valence-corrected chi connectivity index (χ3v) is 10.1. The van der Waals surface area contributed by atoms with Gasteiger partial charge in [-0.25, -0.2) is 0 Å². The SMILES string of the molecule is NC(=O)CC[C@@H]1CC(=O)/C=C/C(=O)N[C@H](C(N)=O)CCCCNC(=O)[C@@H](Cc2ccc(C(=O)c3ccccc3)cc2)NC(=O)[C@H](CC2CCCCC2)NC1=O. The Labute approximate surface area is 321 Å². The summed E-state index contributed by atoms with van der Waals surface area (Å²) < 4.78 is 0. The van der Waals surface area contributed by atoms with Crippen LogP contribution in [0.1, 0.15) is 98.5 Å². The normalized spacial score (nSPS) is 23.3. The first-order chi connectivity index (χ1) is 26.4. The van der Waals surface area contributed by atoms with Crippen molar-refractivity contribution in [2.45, 2.75) is 102 Å². The van der Waals surface area contributed by atoms with E-state index in [1.54, 1.807) is 48.5 Å². The van der Waals surface area contributed by atoms with E-state index in [1.807, 2.05) is 6.07 Å². The summed E-state index contributed by atoms with van der Waals surface area (Å²) in [4.78, 5) is 104. The van der Waals surface area contributed by atoms with E-state index in [-0.39, 0.29) is 50.4 Å². The van der Waals surface area contributed by atoms with Crippen LogP contribution in [-0.2, 0) is 40.0 Å². The maximum absolute atomic E-state index is 14.1. The van der Waals surface area contributed by atoms with Gasteiger partial charge in [-0.3, -0.25) is 38.4 Å². The molecule has 1 fully saturated rings. The highest BCUT2D eigenvalue weighted by Crippen LogP contribution is 2.28. The Morgan fingerprint density at radius 1 is 0.673 bits per heavy atom. The minimum atomic E-state index is -1.07. The van der Waals surface area contributed by atoms with Gasteiger partial charge in [0.05, 0.1) is 0 Å². The smallest absolute Gasteiger partial charge is 0.244 e. The van der Waals surface area contributed by atoms with Crippen LogP contribution in [0.15, 0.2) is 66.7 Å². The van der Waals surface area contributed by atoms with Crippen molar-refractivity contribution in [1.29, 1.82) is 0 Å². The molecule has 4 rings (SSSR count). The van der Waals surface area contributed by atoms with Crippen LogP contribution in [0.5, 0.6) is 0 Å². The molecule has 2 aromatic rings. The van der Waals surface area contributed by atoms with E-state index in [0.29, 0.717) is 36.0 Å². The van der Waals surface area contributed by atoms with E-state index in [9.17, 15) is 38.4 Å². The second-order valence-electron chi connectivity index (χ2n) is 14.4. The monoisotopic (exact) mass is 756 g/mol. The molecule has 1 aliphatic carbocycles. The number of hydrogen-bond donors (Lipinski definition) is 6. The first-order valence-electron chi connectivity index (χ1n) is 19.1. The molecule has 4 atom stereocenters. The summed E-state index contributed by atoms with van der Waals surface area (Å²) >= 11 is 0. The van der Waals surface area contributed by atoms with Gasteiger partial charge < -0.3 is 32.7 Å². The highest BCUT2D eigenvalue weighted by molar-refractivity contribution is 6.09. The molecule has 55 heavy (non-hydrogen) atoms. The molecule has 0 aromatic heterocycles. The molecule has 0 bridgehead atoms. The van der Waals surface area contributed by atoms with Gasteiger partial charge in [0.15, 0.2) is 11.6 Å². The lowest BCUT2D eigenvalue weighted by molar-refractivity contribution is -0.134. The van der Waals surface area contributed by atoms with Crippen LogP contribution in [0.3, 0.4) is 0 Å². The zero-order valence-corrected chi connectivity index (χ0v) is 31.1. The number of primary amides is 2. The Morgan fingerprint density at radius 3 is 2.00 bits per heavy atom. The molecule has 0 spiro atoms. The summed E-state index contributed by atoms with van der Waals surface area (Å²) in [5.74, 6) is -5.57. The minimum Gasteiger partial charge on any atom is -0.370 e. The average Bonchev–Trinajstić information content (AvgIpc) is 3.17. The number of nitrogens with one attached hydrogen (secondary N) is 4. The number of carbonyl (C=O) groups is 8. The van der Waals surface area contributed by atoms with E-state index < -0.39 is 65.3 Å². The second-order valence-corrected chi connectivity index (χ2v) is 14.4. The fourth-order valence-electron chi connectivity index (χ4n) is 6.98. The highest BCUT2D eigenvalue weighted by atomic mass is 16.2. The number of nitrogens with two attached hydrogens (primary N) is 2. The zero-order valence-electron chi connectivity index (χ0n) is 31.1. The number of amides is 6. The van der Waals surface area contributed by atoms with Crippen LogP contribution in [0.4, 0.5) is 0 Å². The van der Waals surface area contributed by atoms with Gasteiger partial charge in [-0.1, -0.05) is 86.7 Å². The molecule has 0 unspecified atom stereocenters. The standard InChI is InChI=1S/C41H52N6O8/c42-35(49)20-18-30-25-31(48)19-21-36(50)45-32(38(43)52)13-7-8-22-44-40(54)33(47-41(55)34(46-39(30)53)23-26-9-3-1-4-10-26)24-27-14-16-29(17-15-27)37(51)28-11-5-2-6-12-28/h2,5-6,11-12,14-17,19,21,26,30,32-34H,1,3-4,7-10,13,18,20,22-25H2,(H2,42,49)(H2,43,52)(H,44,54)(H,45,50)(H,46,53)(H,47,55)/b21-19+/t30-,32+,33-,34+/m1/s1. The van der Waals surface area contributed by atoms with Crippen molar-refractivity contribution < 1.29 is 38.4 Å². The summed E-state index contributed by atoms with van der Waals surface area (Å²) in [6.07, 6.45) is 7.42. The molecule has 1 aliphatic heterocycles. The molecule has 0 saturated heterocycles. The Kier molecular flexibility index (Phi) is 16.3. The van der Waals surface area contributed by atoms with E-state index in [4.69, 9.17) is 11.5 Å². The molecule has 1 heterocycles. The molecule has 6 amide bonds. The molecule has 2 aromatic carbocycles. The van der Waals surface area contributed by atoms with Crippen LogP contribution < -0.4 is 32.7 Å². The minimum absolute atomic E-state index is 0.0688. The third-order valence-electron chi connectivity index (χ3n) is 10.1. The Balaban J connectivity index is 1.62. The quantitative estimate of drug-likeness (QED) is 0.196. The molecule has 0 radical (unpaired) electrons. The van der Waals surface area contributed by atoms with Crippen molar-refractivity contribution >= 4 is 47.0 Å². The number of ketones is 2. The molecular formula is C41H52N6O8. The zero-order chi connectivity index (χ0) is 39.7. The van der Waals surface area contributed by atoms with Gasteiger partial charge in [0.25, 0.3) is 0 Å². The van der Waals surface area contributed by atoms with Crippen LogP contribution >= 0.6 is 0 Å². The summed E-state index contributed by atoms with van der Waals surface area (Å²) in [5, 5.41) is 11.0. The largest absolute Gasteiger partial charge is 0.370 e. The van der Waals surface area contributed by atoms with Gasteiger partial charge >= 0.3 is 0 Å². The first kappa shape index (κ1) is 42.1. The van der Waals surface area contributed by atoms with Gasteiger partial charge in [0.1, 0.15) is 18.1 Å². The van der Waals surface area contributed by atoms with Crippen molar-refractivity contribution in [1.82, 2.24) is 21.3 Å². The molecule has 294 valence electrons. The maximum atomic E-state index is 14.1. The lowest BCUT2D eigenvalue weighted by Crippen LogP contribution is -2.55. The fourth-order valence-corrected chi connectivity index (χ4v) is 6.98. The van der Waals surface area contributed by atoms with Gasteiger partial charge in [0.2, 0.25) is 35.4 Å². The fraction of sp³-hybridized carbons (Fsp3) is 0.463. The number of hydrogen-bond acceptors (Lipinski definition) is 8. The van der Waals surface area contributed by atoms with Crippen molar-refractivity contribution in [3.05, 3.63) is 83.4 Å². The molecular weight excluding hydrogens is 704 g/mol. The number of carbonyl (C=O) groups excluding carboxylic acids is 8. The molecule has 14 nitrogen and oxygen atoms in total. The summed E-state index contributed by atoms with van der Waals surface area (Å²) in [5.41, 5.74) is 12.5. The van der Waals surface area contributed by atoms with Crippen LogP contribution in [0, 0.1) is 11.8 Å². The predicted molar refractivity (Wildman–Crippen MR) is 204 cm³/mol. The summed E-state index contributed by atoms with van der Waals surface area (Å²) in [6.45, 7) is 0.188. The first-order valence-corrected chi connectivity index (χ1v) is 19.1. The van der Waals surface area contributed by atoms with Crippen LogP contribution in [-0.4, -0.2) is 71.7 Å². The van der Waals surface area contributed by atoms with Gasteiger partial charge in [-0.05, 0) is 49.7 Å².